The second kappa shape index (κ2) is 17.9. The highest BCUT2D eigenvalue weighted by molar-refractivity contribution is 5.87. The van der Waals surface area contributed by atoms with Gasteiger partial charge in [0.1, 0.15) is 35.2 Å². The highest BCUT2D eigenvalue weighted by Crippen LogP contribution is 2.62. The molecule has 5 aliphatic rings. The maximum Gasteiger partial charge on any atom is 0.407 e. The second-order valence-corrected chi connectivity index (χ2v) is 17.8. The molecule has 4 aromatic rings. The van der Waals surface area contributed by atoms with E-state index in [9.17, 15) is 19.2 Å². The lowest BCUT2D eigenvalue weighted by molar-refractivity contribution is -0.135. The van der Waals surface area contributed by atoms with E-state index < -0.39 is 24.3 Å². The molecule has 3 aliphatic carbocycles. The molecule has 9 rings (SSSR count). The molecule has 5 N–H and O–H groups in total. The Morgan fingerprint density at radius 2 is 1.44 bits per heavy atom. The van der Waals surface area contributed by atoms with Gasteiger partial charge >= 0.3 is 12.2 Å². The number of likely N-dealkylation sites (tertiary alicyclic amines) is 1. The van der Waals surface area contributed by atoms with Crippen LogP contribution in [0.3, 0.4) is 0 Å². The molecule has 3 saturated carbocycles. The summed E-state index contributed by atoms with van der Waals surface area (Å²) >= 11 is 0. The van der Waals surface area contributed by atoms with E-state index in [0.717, 1.165) is 142 Å². The van der Waals surface area contributed by atoms with E-state index in [0.29, 0.717) is 13.1 Å². The van der Waals surface area contributed by atoms with Gasteiger partial charge in [0.15, 0.2) is 0 Å². The molecule has 15 nitrogen and oxygen atoms in total. The summed E-state index contributed by atoms with van der Waals surface area (Å²) in [6.45, 7) is 1.14. The largest absolute Gasteiger partial charge is 0.457 e. The average Bonchev–Trinajstić information content (AvgIpc) is 4.03. The first-order valence-corrected chi connectivity index (χ1v) is 22.6. The average molecular weight is 847 g/mol. The lowest BCUT2D eigenvalue weighted by atomic mass is 9.83. The molecule has 0 radical (unpaired) electrons. The number of amides is 4. The molecule has 4 amide bonds. The molecule has 0 bridgehead atoms. The molecule has 62 heavy (non-hydrogen) atoms. The number of nitrogens with zero attached hydrogens (tertiary/aromatic N) is 3. The zero-order valence-corrected chi connectivity index (χ0v) is 35.7. The third-order valence-electron chi connectivity index (χ3n) is 14.0. The number of nitrogens with one attached hydrogen (secondary N) is 5. The van der Waals surface area contributed by atoms with Crippen LogP contribution in [-0.2, 0) is 30.9 Å². The third-order valence-corrected chi connectivity index (χ3v) is 14.0. The van der Waals surface area contributed by atoms with Crippen LogP contribution in [0.25, 0.3) is 22.5 Å². The smallest absolute Gasteiger partial charge is 0.407 e. The summed E-state index contributed by atoms with van der Waals surface area (Å²) < 4.78 is 16.3. The minimum atomic E-state index is -0.601. The van der Waals surface area contributed by atoms with Crippen LogP contribution >= 0.6 is 0 Å². The fourth-order valence-corrected chi connectivity index (χ4v) is 10.5. The minimum absolute atomic E-state index is 0.0604. The van der Waals surface area contributed by atoms with Crippen LogP contribution in [0.4, 0.5) is 9.59 Å². The Kier molecular flexibility index (Phi) is 11.9. The van der Waals surface area contributed by atoms with Crippen LogP contribution in [0.5, 0.6) is 11.5 Å². The molecule has 3 atom stereocenters. The van der Waals surface area contributed by atoms with Gasteiger partial charge in [0.25, 0.3) is 0 Å². The highest BCUT2D eigenvalue weighted by Gasteiger charge is 2.52. The predicted molar refractivity (Wildman–Crippen MR) is 230 cm³/mol. The van der Waals surface area contributed by atoms with Crippen molar-refractivity contribution in [3.63, 3.8) is 0 Å². The number of H-pyrrole nitrogens is 2. The molecule has 4 heterocycles. The fourth-order valence-electron chi connectivity index (χ4n) is 10.5. The van der Waals surface area contributed by atoms with Gasteiger partial charge in [-0.3, -0.25) is 9.59 Å². The summed E-state index contributed by atoms with van der Waals surface area (Å²) in [5, 5.41) is 8.61. The molecule has 15 heteroatoms. The second-order valence-electron chi connectivity index (χ2n) is 17.8. The van der Waals surface area contributed by atoms with Gasteiger partial charge in [0.05, 0.1) is 44.0 Å². The van der Waals surface area contributed by atoms with Gasteiger partial charge < -0.3 is 45.0 Å². The van der Waals surface area contributed by atoms with Crippen molar-refractivity contribution in [3.8, 4) is 34.0 Å². The van der Waals surface area contributed by atoms with Crippen LogP contribution in [0.15, 0.2) is 48.8 Å². The maximum atomic E-state index is 14.0. The Labute approximate surface area is 361 Å². The Hall–Kier alpha value is -5.86. The number of benzene rings is 2. The molecule has 2 aromatic heterocycles. The first-order chi connectivity index (χ1) is 30.2. The standard InChI is InChI=1S/C47H58N8O7/c1-60-45(58)53-40(28-10-3-4-11-28)43(56)48-22-8-7-15-39-49-26-34(51-39)31-16-18-32-38(25-31)62-37-19-17-30(24-33(37)47(32)20-21-47)35-27-50-42(52-35)36-14-9-23-55(36)44(57)41(54-46(59)61-2)29-12-5-6-13-29/h16-19,24-29,36,40-41H,3-15,20-23H2,1-2H3,(H,48,56)(H,49,51)(H,50,52)(H,53,58)(H,54,59)/t36-,40-,41-/m0/s1. The van der Waals surface area contributed by atoms with Gasteiger partial charge in [0, 0.05) is 47.2 Å². The number of aromatic nitrogens is 4. The summed E-state index contributed by atoms with van der Waals surface area (Å²) in [5.74, 6) is 3.39. The molecule has 0 unspecified atom stereocenters. The lowest BCUT2D eigenvalue weighted by Gasteiger charge is -2.31. The van der Waals surface area contributed by atoms with Gasteiger partial charge in [-0.05, 0) is 100 Å². The Bertz CT molecular complexity index is 2290. The number of rotatable bonds is 14. The van der Waals surface area contributed by atoms with Gasteiger partial charge in [-0.25, -0.2) is 19.6 Å². The van der Waals surface area contributed by atoms with E-state index in [1.807, 2.05) is 17.3 Å². The predicted octanol–water partition coefficient (Wildman–Crippen LogP) is 7.58. The highest BCUT2D eigenvalue weighted by atomic mass is 16.5. The summed E-state index contributed by atoms with van der Waals surface area (Å²) in [7, 11) is 2.65. The van der Waals surface area contributed by atoms with Crippen molar-refractivity contribution in [2.75, 3.05) is 27.3 Å². The number of aryl methyl sites for hydroxylation is 1. The molecule has 1 spiro atoms. The molecule has 2 aromatic carbocycles. The first-order valence-electron chi connectivity index (χ1n) is 22.6. The maximum absolute atomic E-state index is 14.0. The van der Waals surface area contributed by atoms with Crippen molar-refractivity contribution in [1.29, 1.82) is 0 Å². The van der Waals surface area contributed by atoms with Crippen molar-refractivity contribution in [2.24, 2.45) is 11.8 Å². The number of hydrogen-bond donors (Lipinski definition) is 5. The van der Waals surface area contributed by atoms with E-state index in [4.69, 9.17) is 19.2 Å². The zero-order chi connectivity index (χ0) is 42.8. The summed E-state index contributed by atoms with van der Waals surface area (Å²) in [5.41, 5.74) is 6.07. The van der Waals surface area contributed by atoms with E-state index in [2.05, 4.69) is 67.3 Å². The minimum Gasteiger partial charge on any atom is -0.457 e. The monoisotopic (exact) mass is 846 g/mol. The fraction of sp³-hybridized carbons (Fsp3) is 0.532. The molecule has 2 aliphatic heterocycles. The number of unbranched alkanes of at least 4 members (excludes halogenated alkanes) is 1. The lowest BCUT2D eigenvalue weighted by Crippen LogP contribution is -2.51. The Morgan fingerprint density at radius 1 is 0.774 bits per heavy atom. The normalized spacial score (nSPS) is 19.9. The number of methoxy groups -OCH3 is 2. The molecule has 328 valence electrons. The van der Waals surface area contributed by atoms with Crippen LogP contribution in [-0.4, -0.2) is 88.2 Å². The van der Waals surface area contributed by atoms with Crippen LogP contribution in [0.2, 0.25) is 0 Å². The quantitative estimate of drug-likeness (QED) is 0.0796. The number of hydrogen-bond acceptors (Lipinski definition) is 9. The van der Waals surface area contributed by atoms with Crippen LogP contribution in [0, 0.1) is 11.8 Å². The van der Waals surface area contributed by atoms with Crippen molar-refractivity contribution < 1.29 is 33.4 Å². The van der Waals surface area contributed by atoms with Crippen molar-refractivity contribution in [3.05, 3.63) is 71.6 Å². The Morgan fingerprint density at radius 3 is 2.16 bits per heavy atom. The van der Waals surface area contributed by atoms with E-state index in [1.54, 1.807) is 0 Å². The molecular weight excluding hydrogens is 789 g/mol. The number of aromatic amines is 2. The first kappa shape index (κ1) is 41.5. The van der Waals surface area contributed by atoms with Crippen molar-refractivity contribution >= 4 is 24.0 Å². The SMILES string of the molecule is COC(=O)N[C@H](C(=O)NCCCCc1ncc(-c2ccc3c(c2)Oc2ccc(-c4cnc([C@@H]5CCCN5C(=O)[C@@H](NC(=O)OC)C5CCCC5)[nH]4)cc2C32CC2)[nH]1)C1CCCC1. The molecule has 4 fully saturated rings. The number of fused-ring (bicyclic) bond motifs is 4. The summed E-state index contributed by atoms with van der Waals surface area (Å²) in [4.78, 5) is 69.6. The number of carbonyl (C=O) groups is 4. The molecular formula is C47H58N8O7. The number of ether oxygens (including phenoxy) is 3. The topological polar surface area (TPSA) is 193 Å². The number of alkyl carbamates (subject to hydrolysis) is 2. The van der Waals surface area contributed by atoms with Crippen molar-refractivity contribution in [2.45, 2.75) is 120 Å². The molecule has 1 saturated heterocycles. The zero-order valence-electron chi connectivity index (χ0n) is 35.7. The third kappa shape index (κ3) is 8.37. The Balaban J connectivity index is 0.825. The van der Waals surface area contributed by atoms with Gasteiger partial charge in [-0.15, -0.1) is 0 Å². The van der Waals surface area contributed by atoms with E-state index in [1.165, 1.54) is 25.3 Å². The van der Waals surface area contributed by atoms with E-state index >= 15 is 0 Å². The van der Waals surface area contributed by atoms with Crippen LogP contribution in [0.1, 0.15) is 119 Å². The summed E-state index contributed by atoms with van der Waals surface area (Å²) in [6, 6.07) is 11.4. The van der Waals surface area contributed by atoms with Crippen LogP contribution < -0.4 is 20.7 Å². The summed E-state index contributed by atoms with van der Waals surface area (Å²) in [6.07, 6.45) is 16.6. The van der Waals surface area contributed by atoms with Crippen molar-refractivity contribution in [1.82, 2.24) is 40.8 Å². The number of imidazole rings is 2. The van der Waals surface area contributed by atoms with E-state index in [-0.39, 0.29) is 35.1 Å². The van der Waals surface area contributed by atoms with Gasteiger partial charge in [-0.1, -0.05) is 37.8 Å². The number of carbonyl (C=O) groups excluding carboxylic acids is 4. The van der Waals surface area contributed by atoms with Gasteiger partial charge in [0.2, 0.25) is 11.8 Å². The van der Waals surface area contributed by atoms with Gasteiger partial charge in [-0.2, -0.15) is 0 Å².